The summed E-state index contributed by atoms with van der Waals surface area (Å²) in [5, 5.41) is 8.59. The highest BCUT2D eigenvalue weighted by atomic mass is 32.2. The molecule has 2 rings (SSSR count). The van der Waals surface area contributed by atoms with E-state index in [0.29, 0.717) is 17.5 Å². The molecule has 148 valence electrons. The summed E-state index contributed by atoms with van der Waals surface area (Å²) in [5.41, 5.74) is 0.552. The van der Waals surface area contributed by atoms with Crippen molar-refractivity contribution in [1.82, 2.24) is 19.8 Å². The summed E-state index contributed by atoms with van der Waals surface area (Å²) in [4.78, 5) is 13.9. The molecule has 0 saturated carbocycles. The minimum Gasteiger partial charge on any atom is -0.435 e. The van der Waals surface area contributed by atoms with Gasteiger partial charge in [0.2, 0.25) is 11.1 Å². The highest BCUT2D eigenvalue weighted by Crippen LogP contribution is 2.23. The van der Waals surface area contributed by atoms with Gasteiger partial charge >= 0.3 is 6.61 Å². The van der Waals surface area contributed by atoms with E-state index < -0.39 is 6.61 Å². The first-order valence-electron chi connectivity index (χ1n) is 8.19. The van der Waals surface area contributed by atoms with E-state index in [4.69, 9.17) is 5.84 Å². The van der Waals surface area contributed by atoms with E-state index in [2.05, 4.69) is 14.9 Å². The number of hydrogen-bond donors (Lipinski definition) is 1. The van der Waals surface area contributed by atoms with Crippen LogP contribution in [-0.2, 0) is 16.8 Å². The number of ether oxygens (including phenoxy) is 1. The average molecular weight is 399 g/mol. The van der Waals surface area contributed by atoms with Crippen molar-refractivity contribution < 1.29 is 18.3 Å². The zero-order chi connectivity index (χ0) is 20.2. The first kappa shape index (κ1) is 20.9. The SMILES string of the molecule is CN(Cc1ccc(OC(F)F)cc1)C(=O)CSc1nnc(C(C)(C)C)n1N. The predicted octanol–water partition coefficient (Wildman–Crippen LogP) is 2.64. The molecule has 0 atom stereocenters. The lowest BCUT2D eigenvalue weighted by Crippen LogP contribution is -2.28. The van der Waals surface area contributed by atoms with Crippen molar-refractivity contribution in [2.45, 2.75) is 44.5 Å². The van der Waals surface area contributed by atoms with Crippen LogP contribution in [0.15, 0.2) is 29.4 Å². The van der Waals surface area contributed by atoms with Gasteiger partial charge in [0.15, 0.2) is 5.82 Å². The minimum absolute atomic E-state index is 0.0789. The van der Waals surface area contributed by atoms with Crippen LogP contribution in [0.4, 0.5) is 8.78 Å². The summed E-state index contributed by atoms with van der Waals surface area (Å²) in [6.45, 7) is 3.42. The van der Waals surface area contributed by atoms with E-state index in [1.807, 2.05) is 20.8 Å². The monoisotopic (exact) mass is 399 g/mol. The fourth-order valence-electron chi connectivity index (χ4n) is 2.26. The molecule has 1 amide bonds. The number of nitrogens with two attached hydrogens (primary N) is 1. The van der Waals surface area contributed by atoms with E-state index >= 15 is 0 Å². The topological polar surface area (TPSA) is 86.3 Å². The zero-order valence-corrected chi connectivity index (χ0v) is 16.5. The van der Waals surface area contributed by atoms with Gasteiger partial charge in [-0.25, -0.2) is 4.68 Å². The second-order valence-corrected chi connectivity index (χ2v) is 7.93. The maximum Gasteiger partial charge on any atom is 0.387 e. The van der Waals surface area contributed by atoms with Crippen LogP contribution in [0.3, 0.4) is 0 Å². The second kappa shape index (κ2) is 8.55. The number of alkyl halides is 2. The number of rotatable bonds is 7. The zero-order valence-electron chi connectivity index (χ0n) is 15.6. The molecule has 7 nitrogen and oxygen atoms in total. The molecule has 0 aliphatic heterocycles. The molecule has 2 aromatic rings. The number of aromatic nitrogens is 3. The van der Waals surface area contributed by atoms with Gasteiger partial charge in [-0.05, 0) is 17.7 Å². The van der Waals surface area contributed by atoms with Crippen molar-refractivity contribution in [2.75, 3.05) is 18.6 Å². The summed E-state index contributed by atoms with van der Waals surface area (Å²) in [6, 6.07) is 6.17. The molecule has 0 unspecified atom stereocenters. The molecular formula is C17H23F2N5O2S. The Morgan fingerprint density at radius 1 is 1.30 bits per heavy atom. The van der Waals surface area contributed by atoms with Gasteiger partial charge in [-0.15, -0.1) is 10.2 Å². The lowest BCUT2D eigenvalue weighted by Gasteiger charge is -2.18. The number of nitrogen functional groups attached to an aromatic ring is 1. The Morgan fingerprint density at radius 2 is 1.93 bits per heavy atom. The molecule has 1 aromatic heterocycles. The molecule has 0 spiro atoms. The van der Waals surface area contributed by atoms with E-state index in [0.717, 1.165) is 5.56 Å². The highest BCUT2D eigenvalue weighted by molar-refractivity contribution is 7.99. The lowest BCUT2D eigenvalue weighted by atomic mass is 9.96. The third-order valence-electron chi connectivity index (χ3n) is 3.65. The maximum atomic E-state index is 12.3. The smallest absolute Gasteiger partial charge is 0.387 e. The largest absolute Gasteiger partial charge is 0.435 e. The molecule has 10 heteroatoms. The van der Waals surface area contributed by atoms with Crippen LogP contribution in [0.1, 0.15) is 32.2 Å². The molecule has 27 heavy (non-hydrogen) atoms. The van der Waals surface area contributed by atoms with Crippen molar-refractivity contribution in [2.24, 2.45) is 0 Å². The van der Waals surface area contributed by atoms with Gasteiger partial charge in [-0.2, -0.15) is 8.78 Å². The molecular weight excluding hydrogens is 376 g/mol. The van der Waals surface area contributed by atoms with Crippen LogP contribution in [0.5, 0.6) is 5.75 Å². The molecule has 2 N–H and O–H groups in total. The number of halogens is 2. The van der Waals surface area contributed by atoms with Crippen LogP contribution >= 0.6 is 11.8 Å². The van der Waals surface area contributed by atoms with Gasteiger partial charge in [0.05, 0.1) is 5.75 Å². The van der Waals surface area contributed by atoms with Gasteiger partial charge in [0.1, 0.15) is 5.75 Å². The highest BCUT2D eigenvalue weighted by Gasteiger charge is 2.23. The van der Waals surface area contributed by atoms with Gasteiger partial charge in [0.25, 0.3) is 0 Å². The van der Waals surface area contributed by atoms with Crippen molar-refractivity contribution >= 4 is 17.7 Å². The average Bonchev–Trinajstić information content (AvgIpc) is 2.94. The van der Waals surface area contributed by atoms with Crippen molar-refractivity contribution in [3.05, 3.63) is 35.7 Å². The van der Waals surface area contributed by atoms with Gasteiger partial charge in [-0.1, -0.05) is 44.7 Å². The van der Waals surface area contributed by atoms with E-state index in [1.54, 1.807) is 19.2 Å². The van der Waals surface area contributed by atoms with Gasteiger partial charge in [-0.3, -0.25) is 4.79 Å². The molecule has 0 bridgehead atoms. The number of thioether (sulfide) groups is 1. The van der Waals surface area contributed by atoms with Crippen molar-refractivity contribution in [3.63, 3.8) is 0 Å². The summed E-state index contributed by atoms with van der Waals surface area (Å²) >= 11 is 1.21. The molecule has 1 heterocycles. The number of carbonyl (C=O) groups is 1. The number of benzene rings is 1. The predicted molar refractivity (Wildman–Crippen MR) is 99.1 cm³/mol. The summed E-state index contributed by atoms with van der Waals surface area (Å²) in [7, 11) is 1.67. The number of nitrogens with zero attached hydrogens (tertiary/aromatic N) is 4. The number of hydrogen-bond acceptors (Lipinski definition) is 6. The summed E-state index contributed by atoms with van der Waals surface area (Å²) in [6.07, 6.45) is 0. The Balaban J connectivity index is 1.90. The molecule has 0 aliphatic rings. The normalized spacial score (nSPS) is 11.7. The minimum atomic E-state index is -2.86. The Labute approximate surface area is 160 Å². The first-order chi connectivity index (χ1) is 12.6. The third-order valence-corrected chi connectivity index (χ3v) is 4.58. The molecule has 0 radical (unpaired) electrons. The fraction of sp³-hybridized carbons (Fsp3) is 0.471. The maximum absolute atomic E-state index is 12.3. The fourth-order valence-corrected chi connectivity index (χ4v) is 3.06. The van der Waals surface area contributed by atoms with Crippen molar-refractivity contribution in [1.29, 1.82) is 0 Å². The number of carbonyl (C=O) groups excluding carboxylic acids is 1. The lowest BCUT2D eigenvalue weighted by molar-refractivity contribution is -0.127. The second-order valence-electron chi connectivity index (χ2n) is 6.99. The van der Waals surface area contributed by atoms with E-state index in [-0.39, 0.29) is 22.8 Å². The van der Waals surface area contributed by atoms with Crippen molar-refractivity contribution in [3.8, 4) is 5.75 Å². The van der Waals surface area contributed by atoms with E-state index in [9.17, 15) is 13.6 Å². The molecule has 0 saturated heterocycles. The molecule has 0 aliphatic carbocycles. The Hall–Kier alpha value is -2.36. The number of amides is 1. The summed E-state index contributed by atoms with van der Waals surface area (Å²) < 4.78 is 30.0. The van der Waals surface area contributed by atoms with Crippen LogP contribution in [-0.4, -0.2) is 45.1 Å². The quantitative estimate of drug-likeness (QED) is 0.569. The Kier molecular flexibility index (Phi) is 6.63. The van der Waals surface area contributed by atoms with Crippen LogP contribution < -0.4 is 10.6 Å². The standard InChI is InChI=1S/C17H23F2N5O2S/c1-17(2,3)14-21-22-16(24(14)20)27-10-13(25)23(4)9-11-5-7-12(8-6-11)26-15(18)19/h5-8,15H,9-10,20H2,1-4H3. The van der Waals surface area contributed by atoms with Crippen LogP contribution in [0, 0.1) is 0 Å². The van der Waals surface area contributed by atoms with E-state index in [1.165, 1.54) is 33.5 Å². The first-order valence-corrected chi connectivity index (χ1v) is 9.18. The van der Waals surface area contributed by atoms with Gasteiger partial charge < -0.3 is 15.5 Å². The van der Waals surface area contributed by atoms with Crippen LogP contribution in [0.25, 0.3) is 0 Å². The summed E-state index contributed by atoms with van der Waals surface area (Å²) in [5.74, 6) is 6.76. The Bertz CT molecular complexity index is 775. The molecule has 0 fully saturated rings. The third kappa shape index (κ3) is 5.81. The van der Waals surface area contributed by atoms with Crippen LogP contribution in [0.2, 0.25) is 0 Å². The molecule has 1 aromatic carbocycles. The van der Waals surface area contributed by atoms with Gasteiger partial charge in [0, 0.05) is 19.0 Å². The Morgan fingerprint density at radius 3 is 2.44 bits per heavy atom.